The van der Waals surface area contributed by atoms with Crippen LogP contribution >= 0.6 is 12.6 Å². The van der Waals surface area contributed by atoms with Gasteiger partial charge in [-0.15, -0.1) is 12.6 Å². The van der Waals surface area contributed by atoms with Crippen molar-refractivity contribution in [3.8, 4) is 0 Å². The van der Waals surface area contributed by atoms with Gasteiger partial charge in [0.2, 0.25) is 0 Å². The number of thiol groups is 1. The monoisotopic (exact) mass is 151 g/mol. The number of hydrogen-bond donors (Lipinski definition) is 2. The summed E-state index contributed by atoms with van der Waals surface area (Å²) in [5, 5.41) is 3.63. The van der Waals surface area contributed by atoms with Crippen LogP contribution in [0.2, 0.25) is 0 Å². The molecule has 0 aliphatic carbocycles. The fraction of sp³-hybridized carbons (Fsp3) is 0. The maximum atomic E-state index is 4.00. The molecule has 10 heavy (non-hydrogen) atoms. The molecule has 0 aliphatic rings. The number of para-hydroxylation sites is 1. The first-order valence-electron chi connectivity index (χ1n) is 2.99. The Balaban J connectivity index is 2.67. The van der Waals surface area contributed by atoms with Crippen LogP contribution in [0.4, 0.5) is 5.69 Å². The smallest absolute Gasteiger partial charge is 0.0621 e. The van der Waals surface area contributed by atoms with Crippen LogP contribution in [0, 0.1) is 0 Å². The minimum Gasteiger partial charge on any atom is -0.351 e. The van der Waals surface area contributed by atoms with E-state index in [4.69, 9.17) is 0 Å². The van der Waals surface area contributed by atoms with Gasteiger partial charge >= 0.3 is 0 Å². The molecule has 0 unspecified atom stereocenters. The summed E-state index contributed by atoms with van der Waals surface area (Å²) >= 11 is 4.00. The minimum atomic E-state index is 0.659. The Morgan fingerprint density at radius 2 is 1.90 bits per heavy atom. The molecule has 0 saturated carbocycles. The Morgan fingerprint density at radius 3 is 2.40 bits per heavy atom. The molecule has 1 aromatic carbocycles. The van der Waals surface area contributed by atoms with Crippen molar-refractivity contribution in [2.45, 2.75) is 0 Å². The lowest BCUT2D eigenvalue weighted by Gasteiger charge is -2.01. The van der Waals surface area contributed by atoms with E-state index in [0.717, 1.165) is 5.69 Å². The quantitative estimate of drug-likeness (QED) is 0.619. The van der Waals surface area contributed by atoms with Crippen LogP contribution in [0.25, 0.3) is 0 Å². The van der Waals surface area contributed by atoms with E-state index in [1.54, 1.807) is 0 Å². The summed E-state index contributed by atoms with van der Waals surface area (Å²) in [6.07, 6.45) is 0. The predicted octanol–water partition coefficient (Wildman–Crippen LogP) is 2.50. The molecule has 0 aliphatic heterocycles. The van der Waals surface area contributed by atoms with E-state index in [0.29, 0.717) is 5.03 Å². The summed E-state index contributed by atoms with van der Waals surface area (Å²) in [5.41, 5.74) is 1.02. The van der Waals surface area contributed by atoms with Crippen molar-refractivity contribution in [2.75, 3.05) is 5.32 Å². The SMILES string of the molecule is C=C(S)Nc1ccccc1. The Labute approximate surface area is 66.2 Å². The molecule has 2 heteroatoms. The van der Waals surface area contributed by atoms with Gasteiger partial charge in [-0.3, -0.25) is 0 Å². The van der Waals surface area contributed by atoms with E-state index in [1.165, 1.54) is 0 Å². The fourth-order valence-corrected chi connectivity index (χ4v) is 0.817. The third kappa shape index (κ3) is 2.15. The Bertz CT molecular complexity index is 218. The van der Waals surface area contributed by atoms with E-state index in [1.807, 2.05) is 30.3 Å². The first-order valence-corrected chi connectivity index (χ1v) is 3.44. The van der Waals surface area contributed by atoms with Crippen LogP contribution in [0.5, 0.6) is 0 Å². The second-order valence-corrected chi connectivity index (χ2v) is 2.48. The zero-order valence-electron chi connectivity index (χ0n) is 5.54. The molecular weight excluding hydrogens is 142 g/mol. The van der Waals surface area contributed by atoms with Gasteiger partial charge < -0.3 is 5.32 Å². The number of hydrogen-bond acceptors (Lipinski definition) is 2. The van der Waals surface area contributed by atoms with Crippen molar-refractivity contribution in [3.63, 3.8) is 0 Å². The second kappa shape index (κ2) is 3.32. The highest BCUT2D eigenvalue weighted by Gasteiger charge is 1.86. The molecule has 0 aromatic heterocycles. The third-order valence-electron chi connectivity index (χ3n) is 1.06. The highest BCUT2D eigenvalue weighted by Crippen LogP contribution is 2.08. The van der Waals surface area contributed by atoms with Crippen LogP contribution in [-0.4, -0.2) is 0 Å². The molecule has 1 nitrogen and oxygen atoms in total. The summed E-state index contributed by atoms with van der Waals surface area (Å²) in [4.78, 5) is 0. The molecule has 0 amide bonds. The van der Waals surface area contributed by atoms with E-state index in [-0.39, 0.29) is 0 Å². The van der Waals surface area contributed by atoms with Gasteiger partial charge in [0, 0.05) is 5.69 Å². The Kier molecular flexibility index (Phi) is 2.40. The van der Waals surface area contributed by atoms with Crippen LogP contribution in [0.1, 0.15) is 0 Å². The topological polar surface area (TPSA) is 12.0 Å². The first-order chi connectivity index (χ1) is 4.79. The molecule has 0 spiro atoms. The van der Waals surface area contributed by atoms with Crippen molar-refractivity contribution in [2.24, 2.45) is 0 Å². The molecule has 0 radical (unpaired) electrons. The Morgan fingerprint density at radius 1 is 1.30 bits per heavy atom. The largest absolute Gasteiger partial charge is 0.351 e. The second-order valence-electron chi connectivity index (χ2n) is 1.94. The van der Waals surface area contributed by atoms with Crippen LogP contribution in [-0.2, 0) is 0 Å². The molecule has 0 saturated heterocycles. The van der Waals surface area contributed by atoms with Crippen molar-refractivity contribution < 1.29 is 0 Å². The van der Waals surface area contributed by atoms with Gasteiger partial charge in [-0.25, -0.2) is 0 Å². The molecule has 52 valence electrons. The molecule has 0 atom stereocenters. The van der Waals surface area contributed by atoms with E-state index in [9.17, 15) is 0 Å². The highest BCUT2D eigenvalue weighted by molar-refractivity contribution is 7.84. The maximum absolute atomic E-state index is 4.00. The highest BCUT2D eigenvalue weighted by atomic mass is 32.1. The van der Waals surface area contributed by atoms with Crippen LogP contribution in [0.3, 0.4) is 0 Å². The standard InChI is InChI=1S/C8H9NS/c1-7(10)9-8-5-3-2-4-6-8/h2-6,9-10H,1H2. The van der Waals surface area contributed by atoms with Gasteiger partial charge in [-0.05, 0) is 12.1 Å². The fourth-order valence-electron chi connectivity index (χ4n) is 0.688. The molecule has 0 heterocycles. The minimum absolute atomic E-state index is 0.659. The van der Waals surface area contributed by atoms with E-state index in [2.05, 4.69) is 24.5 Å². The van der Waals surface area contributed by atoms with Gasteiger partial charge in [0.15, 0.2) is 0 Å². The van der Waals surface area contributed by atoms with Gasteiger partial charge in [0.25, 0.3) is 0 Å². The van der Waals surface area contributed by atoms with Crippen molar-refractivity contribution in [1.82, 2.24) is 0 Å². The zero-order valence-corrected chi connectivity index (χ0v) is 6.44. The molecule has 1 rings (SSSR count). The molecule has 0 fully saturated rings. The normalized spacial score (nSPS) is 8.90. The van der Waals surface area contributed by atoms with Crippen molar-refractivity contribution in [1.29, 1.82) is 0 Å². The lowest BCUT2D eigenvalue weighted by molar-refractivity contribution is 1.58. The van der Waals surface area contributed by atoms with Crippen LogP contribution in [0.15, 0.2) is 41.9 Å². The lowest BCUT2D eigenvalue weighted by atomic mass is 10.3. The zero-order chi connectivity index (χ0) is 7.40. The third-order valence-corrected chi connectivity index (χ3v) is 1.17. The number of benzene rings is 1. The van der Waals surface area contributed by atoms with Crippen molar-refractivity contribution >= 4 is 18.3 Å². The van der Waals surface area contributed by atoms with Crippen LogP contribution < -0.4 is 5.32 Å². The van der Waals surface area contributed by atoms with Gasteiger partial charge in [0.05, 0.1) is 5.03 Å². The van der Waals surface area contributed by atoms with E-state index >= 15 is 0 Å². The van der Waals surface area contributed by atoms with Gasteiger partial charge in [-0.2, -0.15) is 0 Å². The first kappa shape index (κ1) is 7.22. The molecular formula is C8H9NS. The number of anilines is 1. The predicted molar refractivity (Wildman–Crippen MR) is 48.2 cm³/mol. The maximum Gasteiger partial charge on any atom is 0.0621 e. The summed E-state index contributed by atoms with van der Waals surface area (Å²) in [7, 11) is 0. The van der Waals surface area contributed by atoms with Gasteiger partial charge in [-0.1, -0.05) is 24.8 Å². The summed E-state index contributed by atoms with van der Waals surface area (Å²) in [6, 6.07) is 9.80. The van der Waals surface area contributed by atoms with E-state index < -0.39 is 0 Å². The average molecular weight is 151 g/mol. The summed E-state index contributed by atoms with van der Waals surface area (Å²) in [5.74, 6) is 0. The molecule has 1 aromatic rings. The number of nitrogens with one attached hydrogen (secondary N) is 1. The van der Waals surface area contributed by atoms with Crippen molar-refractivity contribution in [3.05, 3.63) is 41.9 Å². The summed E-state index contributed by atoms with van der Waals surface area (Å²) < 4.78 is 0. The molecule has 0 bridgehead atoms. The lowest BCUT2D eigenvalue weighted by Crippen LogP contribution is -1.89. The summed E-state index contributed by atoms with van der Waals surface area (Å²) in [6.45, 7) is 3.60. The number of rotatable bonds is 2. The average Bonchev–Trinajstić information content (AvgIpc) is 1.88. The Hall–Kier alpha value is -0.890. The molecule has 1 N–H and O–H groups in total. The van der Waals surface area contributed by atoms with Gasteiger partial charge in [0.1, 0.15) is 0 Å².